The Kier molecular flexibility index (Phi) is 28.0. The highest BCUT2D eigenvalue weighted by atomic mass is 15.1. The van der Waals surface area contributed by atoms with Gasteiger partial charge in [0, 0.05) is 17.6 Å². The molecule has 0 spiro atoms. The summed E-state index contributed by atoms with van der Waals surface area (Å²) in [4.78, 5) is 0. The van der Waals surface area contributed by atoms with Crippen molar-refractivity contribution in [2.24, 2.45) is 10.2 Å². The van der Waals surface area contributed by atoms with Gasteiger partial charge in [-0.1, -0.05) is 98.1 Å². The highest BCUT2D eigenvalue weighted by molar-refractivity contribution is 5.88. The van der Waals surface area contributed by atoms with E-state index in [4.69, 9.17) is 0 Å². The van der Waals surface area contributed by atoms with E-state index >= 15 is 0 Å². The second-order valence-corrected chi connectivity index (χ2v) is 5.61. The van der Waals surface area contributed by atoms with Crippen molar-refractivity contribution >= 4 is 22.1 Å². The van der Waals surface area contributed by atoms with Crippen LogP contribution in [0.2, 0.25) is 0 Å². The van der Waals surface area contributed by atoms with Crippen LogP contribution in [0.5, 0.6) is 0 Å². The van der Waals surface area contributed by atoms with Crippen molar-refractivity contribution in [1.29, 1.82) is 0 Å². The van der Waals surface area contributed by atoms with Crippen molar-refractivity contribution in [3.63, 3.8) is 0 Å². The van der Waals surface area contributed by atoms with Gasteiger partial charge in [0.05, 0.1) is 5.69 Å². The molecule has 0 aliphatic rings. The van der Waals surface area contributed by atoms with Crippen LogP contribution in [0.25, 0.3) is 10.8 Å². The minimum absolute atomic E-state index is 0.845. The number of azo groups is 1. The SMILES string of the molecule is C/C=C\C.C=C/C=C(\C=C)Nc1ccc2cc(N=N/C=C/CC)ccc2c1.CC.CC.CC. The molecular weight excluding hydrogens is 402 g/mol. The molecule has 0 saturated heterocycles. The molecule has 182 valence electrons. The van der Waals surface area contributed by atoms with Crippen molar-refractivity contribution in [1.82, 2.24) is 0 Å². The van der Waals surface area contributed by atoms with Crippen molar-refractivity contribution in [3.05, 3.63) is 97.9 Å². The Bertz CT molecular complexity index is 852. The van der Waals surface area contributed by atoms with Gasteiger partial charge in [-0.25, -0.2) is 0 Å². The Morgan fingerprint density at radius 3 is 1.97 bits per heavy atom. The summed E-state index contributed by atoms with van der Waals surface area (Å²) in [6, 6.07) is 12.2. The number of anilines is 1. The second-order valence-electron chi connectivity index (χ2n) is 5.61. The molecule has 33 heavy (non-hydrogen) atoms. The average Bonchev–Trinajstić information content (AvgIpc) is 2.90. The summed E-state index contributed by atoms with van der Waals surface area (Å²) in [5.74, 6) is 0. The number of rotatable bonds is 7. The third kappa shape index (κ3) is 17.1. The minimum atomic E-state index is 0.845. The molecule has 2 aromatic carbocycles. The van der Waals surface area contributed by atoms with Crippen LogP contribution in [0.1, 0.15) is 68.7 Å². The first-order valence-corrected chi connectivity index (χ1v) is 12.1. The molecule has 0 radical (unpaired) electrons. The van der Waals surface area contributed by atoms with E-state index in [-0.39, 0.29) is 0 Å². The number of allylic oxidation sites excluding steroid dienone is 6. The molecule has 3 heteroatoms. The zero-order valence-electron chi connectivity index (χ0n) is 22.5. The van der Waals surface area contributed by atoms with Crippen molar-refractivity contribution < 1.29 is 0 Å². The van der Waals surface area contributed by atoms with Crippen LogP contribution in [0, 0.1) is 0 Å². The van der Waals surface area contributed by atoms with E-state index in [1.807, 2.05) is 104 Å². The van der Waals surface area contributed by atoms with Gasteiger partial charge in [-0.05, 0) is 67.5 Å². The second kappa shape index (κ2) is 26.8. The average molecular weight is 450 g/mol. The lowest BCUT2D eigenvalue weighted by molar-refractivity contribution is 1.17. The smallest absolute Gasteiger partial charge is 0.0863 e. The first-order chi connectivity index (χ1) is 16.2. The van der Waals surface area contributed by atoms with Crippen LogP contribution >= 0.6 is 0 Å². The Balaban J connectivity index is -0.000000780. The summed E-state index contributed by atoms with van der Waals surface area (Å²) in [5, 5.41) is 13.8. The zero-order valence-corrected chi connectivity index (χ0v) is 22.5. The summed E-state index contributed by atoms with van der Waals surface area (Å²) in [5.41, 5.74) is 2.76. The van der Waals surface area contributed by atoms with Crippen LogP contribution in [-0.2, 0) is 0 Å². The minimum Gasteiger partial charge on any atom is -0.356 e. The number of hydrogen-bond donors (Lipinski definition) is 1. The van der Waals surface area contributed by atoms with Crippen molar-refractivity contribution in [3.8, 4) is 0 Å². The highest BCUT2D eigenvalue weighted by Crippen LogP contribution is 2.25. The maximum Gasteiger partial charge on any atom is 0.0863 e. The third-order valence-electron chi connectivity index (χ3n) is 3.54. The Morgan fingerprint density at radius 1 is 0.879 bits per heavy atom. The largest absolute Gasteiger partial charge is 0.356 e. The molecule has 0 aromatic heterocycles. The molecule has 0 fully saturated rings. The van der Waals surface area contributed by atoms with Crippen LogP contribution in [0.15, 0.2) is 108 Å². The van der Waals surface area contributed by atoms with Crippen molar-refractivity contribution in [2.75, 3.05) is 5.32 Å². The number of nitrogens with zero attached hydrogens (tertiary/aromatic N) is 2. The molecule has 0 bridgehead atoms. The monoisotopic (exact) mass is 449 g/mol. The van der Waals surface area contributed by atoms with Crippen LogP contribution < -0.4 is 5.32 Å². The van der Waals surface area contributed by atoms with Crippen molar-refractivity contribution in [2.45, 2.75) is 68.7 Å². The molecule has 0 heterocycles. The highest BCUT2D eigenvalue weighted by Gasteiger charge is 1.99. The number of fused-ring (bicyclic) bond motifs is 1. The van der Waals surface area contributed by atoms with E-state index in [0.717, 1.165) is 34.3 Å². The summed E-state index contributed by atoms with van der Waals surface area (Å²) >= 11 is 0. The third-order valence-corrected chi connectivity index (χ3v) is 3.54. The standard InChI is InChI=1S/C20H21N3.C4H8.3C2H6/c1-4-7-13-21-23-20-12-10-16-14-19(11-9-17(16)15-20)22-18(6-3)8-5-2;1-3-4-2;3*1-2/h5-15,22H,2-4H2,1H3;3-4H,1-2H3;3*1-2H3/b13-7+,18-8+,23-21?;4-3-;;;. The van der Waals surface area contributed by atoms with E-state index in [0.29, 0.717) is 0 Å². The Morgan fingerprint density at radius 2 is 1.45 bits per heavy atom. The maximum absolute atomic E-state index is 4.19. The Hall–Kier alpha value is -3.20. The fourth-order valence-corrected chi connectivity index (χ4v) is 2.08. The molecule has 2 rings (SSSR count). The van der Waals surface area contributed by atoms with Gasteiger partial charge in [0.2, 0.25) is 0 Å². The van der Waals surface area contributed by atoms with E-state index < -0.39 is 0 Å². The summed E-state index contributed by atoms with van der Waals surface area (Å²) in [6.45, 7) is 25.5. The Labute approximate surface area is 204 Å². The quantitative estimate of drug-likeness (QED) is 0.254. The first kappa shape index (κ1) is 34.4. The van der Waals surface area contributed by atoms with Gasteiger partial charge in [-0.2, -0.15) is 10.2 Å². The fraction of sp³-hybridized carbons (Fsp3) is 0.333. The summed E-state index contributed by atoms with van der Waals surface area (Å²) in [6.07, 6.45) is 14.0. The normalized spacial score (nSPS) is 10.2. The number of benzene rings is 2. The predicted octanol–water partition coefficient (Wildman–Crippen LogP) is 11.2. The zero-order chi connectivity index (χ0) is 25.9. The van der Waals surface area contributed by atoms with E-state index in [9.17, 15) is 0 Å². The van der Waals surface area contributed by atoms with Crippen LogP contribution in [-0.4, -0.2) is 0 Å². The number of nitrogens with one attached hydrogen (secondary N) is 1. The first-order valence-electron chi connectivity index (χ1n) is 12.1. The van der Waals surface area contributed by atoms with Gasteiger partial charge in [-0.15, -0.1) is 0 Å². The molecule has 3 nitrogen and oxygen atoms in total. The van der Waals surface area contributed by atoms with Gasteiger partial charge in [-0.3, -0.25) is 0 Å². The number of hydrogen-bond acceptors (Lipinski definition) is 3. The topological polar surface area (TPSA) is 36.8 Å². The summed E-state index contributed by atoms with van der Waals surface area (Å²) < 4.78 is 0. The molecule has 0 saturated carbocycles. The molecule has 0 atom stereocenters. The van der Waals surface area contributed by atoms with Gasteiger partial charge >= 0.3 is 0 Å². The van der Waals surface area contributed by atoms with Gasteiger partial charge in [0.1, 0.15) is 0 Å². The molecule has 1 N–H and O–H groups in total. The van der Waals surface area contributed by atoms with Crippen LogP contribution in [0.3, 0.4) is 0 Å². The van der Waals surface area contributed by atoms with Gasteiger partial charge < -0.3 is 5.32 Å². The predicted molar refractivity (Wildman–Crippen MR) is 155 cm³/mol. The fourth-order valence-electron chi connectivity index (χ4n) is 2.08. The lowest BCUT2D eigenvalue weighted by Crippen LogP contribution is -1.95. The van der Waals surface area contributed by atoms with Gasteiger partial charge in [0.15, 0.2) is 0 Å². The molecular formula is C30H47N3. The molecule has 2 aromatic rings. The molecule has 0 aliphatic heterocycles. The van der Waals surface area contributed by atoms with E-state index in [1.165, 1.54) is 0 Å². The molecule has 0 unspecified atom stereocenters. The lowest BCUT2D eigenvalue weighted by Gasteiger charge is -2.08. The van der Waals surface area contributed by atoms with Gasteiger partial charge in [0.25, 0.3) is 0 Å². The summed E-state index contributed by atoms with van der Waals surface area (Å²) in [7, 11) is 0. The lowest BCUT2D eigenvalue weighted by atomic mass is 10.1. The van der Waals surface area contributed by atoms with E-state index in [2.05, 4.69) is 47.8 Å². The van der Waals surface area contributed by atoms with E-state index in [1.54, 1.807) is 18.4 Å². The molecule has 0 aliphatic carbocycles. The molecule has 0 amide bonds. The maximum atomic E-state index is 4.19. The van der Waals surface area contributed by atoms with Crippen LogP contribution in [0.4, 0.5) is 11.4 Å².